The Balaban J connectivity index is 1.93. The summed E-state index contributed by atoms with van der Waals surface area (Å²) in [7, 11) is 0. The van der Waals surface area contributed by atoms with Crippen LogP contribution in [0.25, 0.3) is 0 Å². The average molecular weight is 331 g/mol. The maximum Gasteiger partial charge on any atom is 0.311 e. The molecule has 0 spiro atoms. The Bertz CT molecular complexity index is 692. The Labute approximate surface area is 138 Å². The summed E-state index contributed by atoms with van der Waals surface area (Å²) in [6, 6.07) is 8.30. The van der Waals surface area contributed by atoms with Crippen molar-refractivity contribution in [1.82, 2.24) is 0 Å². The number of nitrogens with one attached hydrogen (secondary N) is 1. The van der Waals surface area contributed by atoms with E-state index < -0.39 is 12.1 Å². The van der Waals surface area contributed by atoms with E-state index in [0.29, 0.717) is 11.3 Å². The summed E-state index contributed by atoms with van der Waals surface area (Å²) in [4.78, 5) is 35.0. The highest BCUT2D eigenvalue weighted by Gasteiger charge is 2.19. The van der Waals surface area contributed by atoms with Gasteiger partial charge in [-0.05, 0) is 53.6 Å². The molecule has 1 aromatic heterocycles. The minimum absolute atomic E-state index is 0.155. The van der Waals surface area contributed by atoms with Gasteiger partial charge in [0.25, 0.3) is 0 Å². The molecule has 0 bridgehead atoms. The van der Waals surface area contributed by atoms with Crippen LogP contribution in [0.4, 0.5) is 5.69 Å². The van der Waals surface area contributed by atoms with Gasteiger partial charge in [0.15, 0.2) is 6.10 Å². The molecule has 1 N–H and O–H groups in total. The van der Waals surface area contributed by atoms with Crippen LogP contribution in [0.3, 0.4) is 0 Å². The van der Waals surface area contributed by atoms with Gasteiger partial charge < -0.3 is 10.1 Å². The Kier molecular flexibility index (Phi) is 5.65. The normalized spacial score (nSPS) is 11.6. The van der Waals surface area contributed by atoms with Crippen LogP contribution < -0.4 is 5.32 Å². The molecule has 0 aliphatic carbocycles. The summed E-state index contributed by atoms with van der Waals surface area (Å²) < 4.78 is 5.18. The number of esters is 1. The number of ether oxygens (including phenoxy) is 1. The maximum absolute atomic E-state index is 12.3. The van der Waals surface area contributed by atoms with E-state index in [2.05, 4.69) is 5.32 Å². The fraction of sp³-hybridized carbons (Fsp3) is 0.235. The highest BCUT2D eigenvalue weighted by molar-refractivity contribution is 7.07. The van der Waals surface area contributed by atoms with Crippen LogP contribution in [0.5, 0.6) is 0 Å². The summed E-state index contributed by atoms with van der Waals surface area (Å²) in [6.45, 7) is 2.96. The first kappa shape index (κ1) is 16.9. The molecule has 0 aliphatic rings. The number of thiophene rings is 1. The molecule has 1 atom stereocenters. The number of ketones is 1. The van der Waals surface area contributed by atoms with Crippen LogP contribution in [-0.2, 0) is 20.7 Å². The zero-order chi connectivity index (χ0) is 16.8. The summed E-state index contributed by atoms with van der Waals surface area (Å²) in [5, 5.41) is 6.37. The van der Waals surface area contributed by atoms with Crippen LogP contribution in [-0.4, -0.2) is 23.8 Å². The molecule has 1 aromatic carbocycles. The lowest BCUT2D eigenvalue weighted by Crippen LogP contribution is -2.25. The molecule has 2 rings (SSSR count). The summed E-state index contributed by atoms with van der Waals surface area (Å²) >= 11 is 1.50. The van der Waals surface area contributed by atoms with Gasteiger partial charge in [0.1, 0.15) is 0 Å². The molecule has 0 radical (unpaired) electrons. The van der Waals surface area contributed by atoms with Crippen LogP contribution in [0.2, 0.25) is 0 Å². The third kappa shape index (κ3) is 5.03. The first-order valence-electron chi connectivity index (χ1n) is 7.08. The lowest BCUT2D eigenvalue weighted by atomic mass is 10.1. The third-order valence-electron chi connectivity index (χ3n) is 3.10. The van der Waals surface area contributed by atoms with Gasteiger partial charge in [0, 0.05) is 18.2 Å². The van der Waals surface area contributed by atoms with Crippen molar-refractivity contribution < 1.29 is 19.1 Å². The SMILES string of the molecule is CC(=O)Nc1ccc(C(=O)C(C)OC(=O)Cc2ccsc2)cc1. The topological polar surface area (TPSA) is 72.5 Å². The predicted molar refractivity (Wildman–Crippen MR) is 88.7 cm³/mol. The molecule has 2 aromatic rings. The monoisotopic (exact) mass is 331 g/mol. The molecular weight excluding hydrogens is 314 g/mol. The van der Waals surface area contributed by atoms with Crippen LogP contribution in [0.15, 0.2) is 41.1 Å². The predicted octanol–water partition coefficient (Wildman–Crippen LogP) is 3.06. The number of benzene rings is 1. The smallest absolute Gasteiger partial charge is 0.311 e. The molecule has 1 amide bonds. The zero-order valence-corrected chi connectivity index (χ0v) is 13.7. The molecule has 0 fully saturated rings. The molecule has 0 aliphatic heterocycles. The van der Waals surface area contributed by atoms with Crippen molar-refractivity contribution in [3.63, 3.8) is 0 Å². The standard InChI is InChI=1S/C17H17NO4S/c1-11(22-16(20)9-13-7-8-23-10-13)17(21)14-3-5-15(6-4-14)18-12(2)19/h3-8,10-11H,9H2,1-2H3,(H,18,19). The largest absolute Gasteiger partial charge is 0.454 e. The van der Waals surface area contributed by atoms with Crippen molar-refractivity contribution >= 4 is 34.7 Å². The van der Waals surface area contributed by atoms with Crippen molar-refractivity contribution in [2.24, 2.45) is 0 Å². The van der Waals surface area contributed by atoms with Gasteiger partial charge in [-0.1, -0.05) is 0 Å². The number of carbonyl (C=O) groups is 3. The van der Waals surface area contributed by atoms with E-state index in [1.165, 1.54) is 18.3 Å². The van der Waals surface area contributed by atoms with Gasteiger partial charge in [0.2, 0.25) is 11.7 Å². The average Bonchev–Trinajstić information content (AvgIpc) is 2.99. The van der Waals surface area contributed by atoms with Crippen LogP contribution >= 0.6 is 11.3 Å². The van der Waals surface area contributed by atoms with E-state index in [1.807, 2.05) is 16.8 Å². The van der Waals surface area contributed by atoms with E-state index in [0.717, 1.165) is 5.56 Å². The molecule has 120 valence electrons. The molecular formula is C17H17NO4S. The number of amides is 1. The fourth-order valence-electron chi connectivity index (χ4n) is 2.01. The van der Waals surface area contributed by atoms with Crippen LogP contribution in [0, 0.1) is 0 Å². The summed E-state index contributed by atoms with van der Waals surface area (Å²) in [6.07, 6.45) is -0.699. The minimum atomic E-state index is -0.854. The van der Waals surface area contributed by atoms with Gasteiger partial charge >= 0.3 is 5.97 Å². The summed E-state index contributed by atoms with van der Waals surface area (Å²) in [5.41, 5.74) is 1.91. The second-order valence-electron chi connectivity index (χ2n) is 5.06. The van der Waals surface area contributed by atoms with Gasteiger partial charge in [-0.25, -0.2) is 0 Å². The fourth-order valence-corrected chi connectivity index (χ4v) is 2.68. The number of hydrogen-bond donors (Lipinski definition) is 1. The van der Waals surface area contributed by atoms with E-state index >= 15 is 0 Å². The Hall–Kier alpha value is -2.47. The van der Waals surface area contributed by atoms with Gasteiger partial charge in [-0.2, -0.15) is 11.3 Å². The van der Waals surface area contributed by atoms with E-state index in [-0.39, 0.29) is 18.1 Å². The van der Waals surface area contributed by atoms with E-state index in [4.69, 9.17) is 4.74 Å². The van der Waals surface area contributed by atoms with Gasteiger partial charge in [-0.15, -0.1) is 0 Å². The van der Waals surface area contributed by atoms with E-state index in [9.17, 15) is 14.4 Å². The van der Waals surface area contributed by atoms with Gasteiger partial charge in [-0.3, -0.25) is 14.4 Å². The van der Waals surface area contributed by atoms with Crippen LogP contribution in [0.1, 0.15) is 29.8 Å². The highest BCUT2D eigenvalue weighted by atomic mass is 32.1. The minimum Gasteiger partial charge on any atom is -0.454 e. The Morgan fingerprint density at radius 3 is 2.43 bits per heavy atom. The van der Waals surface area contributed by atoms with Crippen molar-refractivity contribution in [3.05, 3.63) is 52.2 Å². The lowest BCUT2D eigenvalue weighted by molar-refractivity contribution is -0.145. The van der Waals surface area contributed by atoms with Crippen molar-refractivity contribution in [3.8, 4) is 0 Å². The Morgan fingerprint density at radius 1 is 1.17 bits per heavy atom. The van der Waals surface area contributed by atoms with Crippen molar-refractivity contribution in [2.75, 3.05) is 5.32 Å². The molecule has 23 heavy (non-hydrogen) atoms. The van der Waals surface area contributed by atoms with Crippen molar-refractivity contribution in [2.45, 2.75) is 26.4 Å². The first-order valence-corrected chi connectivity index (χ1v) is 8.02. The maximum atomic E-state index is 12.3. The number of Topliss-reactive ketones (excluding diaryl/α,β-unsaturated/α-hetero) is 1. The molecule has 1 heterocycles. The van der Waals surface area contributed by atoms with E-state index in [1.54, 1.807) is 31.2 Å². The molecule has 0 saturated carbocycles. The van der Waals surface area contributed by atoms with Crippen molar-refractivity contribution in [1.29, 1.82) is 0 Å². The number of anilines is 1. The first-order chi connectivity index (χ1) is 11.0. The second-order valence-corrected chi connectivity index (χ2v) is 5.84. The number of hydrogen-bond acceptors (Lipinski definition) is 5. The number of carbonyl (C=O) groups excluding carboxylic acids is 3. The molecule has 0 saturated heterocycles. The number of rotatable bonds is 6. The zero-order valence-electron chi connectivity index (χ0n) is 12.9. The quantitative estimate of drug-likeness (QED) is 0.652. The molecule has 6 heteroatoms. The summed E-state index contributed by atoms with van der Waals surface area (Å²) in [5.74, 6) is -0.892. The Morgan fingerprint density at radius 2 is 1.87 bits per heavy atom. The lowest BCUT2D eigenvalue weighted by Gasteiger charge is -2.12. The third-order valence-corrected chi connectivity index (χ3v) is 3.83. The molecule has 1 unspecified atom stereocenters. The highest BCUT2D eigenvalue weighted by Crippen LogP contribution is 2.13. The second kappa shape index (κ2) is 7.69. The molecule has 5 nitrogen and oxygen atoms in total. The van der Waals surface area contributed by atoms with Gasteiger partial charge in [0.05, 0.1) is 6.42 Å².